The standard InChI is InChI=1S/C16H20N6O2/c1-3-6-11(2)12-9-13(19-18-12)17-15(23)10-22-16(24)21-8-5-4-7-14(21)20-22/h4-5,7-9,11H,3,6,10H2,1-2H3,(H2,17,18,19,23). The molecule has 0 bridgehead atoms. The summed E-state index contributed by atoms with van der Waals surface area (Å²) in [6.45, 7) is 4.08. The molecule has 1 amide bonds. The van der Waals surface area contributed by atoms with Crippen LogP contribution in [0.15, 0.2) is 35.3 Å². The molecule has 0 aliphatic heterocycles. The first-order chi connectivity index (χ1) is 11.6. The average Bonchev–Trinajstić information content (AvgIpc) is 3.14. The van der Waals surface area contributed by atoms with Crippen molar-refractivity contribution in [3.63, 3.8) is 0 Å². The molecule has 24 heavy (non-hydrogen) atoms. The van der Waals surface area contributed by atoms with Crippen LogP contribution in [0, 0.1) is 0 Å². The molecule has 3 aromatic heterocycles. The molecular weight excluding hydrogens is 308 g/mol. The SMILES string of the molecule is CCCC(C)c1cc(NC(=O)Cn2nc3ccccn3c2=O)n[nH]1. The van der Waals surface area contributed by atoms with Gasteiger partial charge >= 0.3 is 5.69 Å². The highest BCUT2D eigenvalue weighted by molar-refractivity contribution is 5.89. The van der Waals surface area contributed by atoms with Gasteiger partial charge in [0.05, 0.1) is 0 Å². The van der Waals surface area contributed by atoms with Gasteiger partial charge < -0.3 is 5.32 Å². The average molecular weight is 328 g/mol. The third kappa shape index (κ3) is 3.22. The Balaban J connectivity index is 1.69. The number of hydrogen-bond acceptors (Lipinski definition) is 4. The smallest absolute Gasteiger partial charge is 0.308 e. The molecule has 3 rings (SSSR count). The summed E-state index contributed by atoms with van der Waals surface area (Å²) >= 11 is 0. The van der Waals surface area contributed by atoms with E-state index >= 15 is 0 Å². The molecule has 3 heterocycles. The number of rotatable bonds is 6. The van der Waals surface area contributed by atoms with E-state index in [0.717, 1.165) is 23.2 Å². The first-order valence-corrected chi connectivity index (χ1v) is 7.98. The van der Waals surface area contributed by atoms with Crippen molar-refractivity contribution < 1.29 is 4.79 Å². The van der Waals surface area contributed by atoms with E-state index < -0.39 is 0 Å². The lowest BCUT2D eigenvalue weighted by molar-refractivity contribution is -0.117. The van der Waals surface area contributed by atoms with Crippen LogP contribution < -0.4 is 11.0 Å². The Kier molecular flexibility index (Phi) is 4.45. The van der Waals surface area contributed by atoms with Crippen molar-refractivity contribution in [3.8, 4) is 0 Å². The fraction of sp³-hybridized carbons (Fsp3) is 0.375. The summed E-state index contributed by atoms with van der Waals surface area (Å²) in [6, 6.07) is 7.06. The van der Waals surface area contributed by atoms with Crippen LogP contribution in [-0.4, -0.2) is 30.3 Å². The summed E-state index contributed by atoms with van der Waals surface area (Å²) in [7, 11) is 0. The highest BCUT2D eigenvalue weighted by Gasteiger charge is 2.13. The molecule has 1 atom stereocenters. The summed E-state index contributed by atoms with van der Waals surface area (Å²) in [6.07, 6.45) is 3.75. The molecule has 0 aromatic carbocycles. The number of H-pyrrole nitrogens is 1. The molecule has 3 aromatic rings. The predicted octanol–water partition coefficient (Wildman–Crippen LogP) is 1.76. The number of anilines is 1. The minimum atomic E-state index is -0.347. The number of carbonyl (C=O) groups excluding carboxylic acids is 1. The quantitative estimate of drug-likeness (QED) is 0.720. The maximum Gasteiger partial charge on any atom is 0.350 e. The Labute approximate surface area is 138 Å². The van der Waals surface area contributed by atoms with Gasteiger partial charge in [-0.25, -0.2) is 9.48 Å². The first kappa shape index (κ1) is 16.0. The molecule has 0 spiro atoms. The van der Waals surface area contributed by atoms with Crippen molar-refractivity contribution in [2.75, 3.05) is 5.32 Å². The minimum absolute atomic E-state index is 0.160. The van der Waals surface area contributed by atoms with Crippen molar-refractivity contribution >= 4 is 17.4 Å². The summed E-state index contributed by atoms with van der Waals surface area (Å²) in [5.74, 6) is 0.464. The second-order valence-electron chi connectivity index (χ2n) is 5.82. The number of hydrogen-bond donors (Lipinski definition) is 2. The molecule has 0 saturated heterocycles. The molecule has 8 heteroatoms. The largest absolute Gasteiger partial charge is 0.350 e. The molecule has 8 nitrogen and oxygen atoms in total. The summed E-state index contributed by atoms with van der Waals surface area (Å²) < 4.78 is 2.53. The lowest BCUT2D eigenvalue weighted by atomic mass is 10.0. The van der Waals surface area contributed by atoms with Crippen LogP contribution in [-0.2, 0) is 11.3 Å². The Morgan fingerprint density at radius 2 is 2.25 bits per heavy atom. The van der Waals surface area contributed by atoms with Crippen LogP contribution in [0.1, 0.15) is 38.3 Å². The fourth-order valence-electron chi connectivity index (χ4n) is 2.63. The van der Waals surface area contributed by atoms with E-state index in [0.29, 0.717) is 17.4 Å². The van der Waals surface area contributed by atoms with E-state index in [-0.39, 0.29) is 18.1 Å². The van der Waals surface area contributed by atoms with Gasteiger partial charge in [0.25, 0.3) is 0 Å². The maximum atomic E-state index is 12.1. The van der Waals surface area contributed by atoms with Crippen molar-refractivity contribution in [1.82, 2.24) is 24.4 Å². The van der Waals surface area contributed by atoms with Gasteiger partial charge in [0.15, 0.2) is 11.5 Å². The first-order valence-electron chi connectivity index (χ1n) is 7.98. The Bertz CT molecular complexity index is 907. The Hall–Kier alpha value is -2.90. The van der Waals surface area contributed by atoms with Crippen LogP contribution in [0.2, 0.25) is 0 Å². The van der Waals surface area contributed by atoms with Crippen LogP contribution in [0.5, 0.6) is 0 Å². The van der Waals surface area contributed by atoms with Crippen molar-refractivity contribution in [3.05, 3.63) is 46.6 Å². The number of pyridine rings is 1. The monoisotopic (exact) mass is 328 g/mol. The highest BCUT2D eigenvalue weighted by atomic mass is 16.2. The van der Waals surface area contributed by atoms with Gasteiger partial charge in [-0.05, 0) is 24.5 Å². The van der Waals surface area contributed by atoms with E-state index in [1.54, 1.807) is 24.4 Å². The van der Waals surface area contributed by atoms with Gasteiger partial charge in [0.2, 0.25) is 5.91 Å². The number of amides is 1. The van der Waals surface area contributed by atoms with Crippen molar-refractivity contribution in [2.24, 2.45) is 0 Å². The molecule has 0 aliphatic rings. The van der Waals surface area contributed by atoms with Gasteiger partial charge in [0, 0.05) is 18.0 Å². The molecule has 0 fully saturated rings. The summed E-state index contributed by atoms with van der Waals surface area (Å²) in [5.41, 5.74) is 1.14. The molecule has 0 aliphatic carbocycles. The summed E-state index contributed by atoms with van der Waals surface area (Å²) in [4.78, 5) is 24.3. The number of carbonyl (C=O) groups is 1. The third-order valence-electron chi connectivity index (χ3n) is 3.90. The number of aromatic amines is 1. The zero-order chi connectivity index (χ0) is 17.1. The minimum Gasteiger partial charge on any atom is -0.308 e. The van der Waals surface area contributed by atoms with Gasteiger partial charge in [-0.1, -0.05) is 26.3 Å². The van der Waals surface area contributed by atoms with E-state index in [9.17, 15) is 9.59 Å². The van der Waals surface area contributed by atoms with Crippen LogP contribution in [0.25, 0.3) is 5.65 Å². The van der Waals surface area contributed by atoms with Crippen LogP contribution in [0.3, 0.4) is 0 Å². The van der Waals surface area contributed by atoms with E-state index in [1.165, 1.54) is 4.40 Å². The van der Waals surface area contributed by atoms with Crippen molar-refractivity contribution in [2.45, 2.75) is 39.2 Å². The Morgan fingerprint density at radius 3 is 3.00 bits per heavy atom. The zero-order valence-corrected chi connectivity index (χ0v) is 13.7. The zero-order valence-electron chi connectivity index (χ0n) is 13.7. The van der Waals surface area contributed by atoms with Crippen LogP contribution >= 0.6 is 0 Å². The number of nitrogens with zero attached hydrogens (tertiary/aromatic N) is 4. The molecule has 0 radical (unpaired) electrons. The number of aromatic nitrogens is 5. The van der Waals surface area contributed by atoms with E-state index in [1.807, 2.05) is 6.07 Å². The molecule has 126 valence electrons. The second kappa shape index (κ2) is 6.69. The molecule has 0 saturated carbocycles. The molecule has 2 N–H and O–H groups in total. The summed E-state index contributed by atoms with van der Waals surface area (Å²) in [5, 5.41) is 13.9. The third-order valence-corrected chi connectivity index (χ3v) is 3.90. The Morgan fingerprint density at radius 1 is 1.42 bits per heavy atom. The topological polar surface area (TPSA) is 97.1 Å². The second-order valence-corrected chi connectivity index (χ2v) is 5.82. The highest BCUT2D eigenvalue weighted by Crippen LogP contribution is 2.20. The van der Waals surface area contributed by atoms with Gasteiger partial charge in [-0.2, -0.15) is 5.10 Å². The van der Waals surface area contributed by atoms with Crippen molar-refractivity contribution in [1.29, 1.82) is 0 Å². The van der Waals surface area contributed by atoms with Gasteiger partial charge in [-0.3, -0.25) is 14.3 Å². The fourth-order valence-corrected chi connectivity index (χ4v) is 2.63. The van der Waals surface area contributed by atoms with Gasteiger partial charge in [-0.15, -0.1) is 5.10 Å². The normalized spacial score (nSPS) is 12.4. The maximum absolute atomic E-state index is 12.1. The van der Waals surface area contributed by atoms with Gasteiger partial charge in [0.1, 0.15) is 6.54 Å². The van der Waals surface area contributed by atoms with E-state index in [4.69, 9.17) is 0 Å². The van der Waals surface area contributed by atoms with E-state index in [2.05, 4.69) is 34.5 Å². The molecule has 1 unspecified atom stereocenters. The number of nitrogens with one attached hydrogen (secondary N) is 2. The van der Waals surface area contributed by atoms with Crippen LogP contribution in [0.4, 0.5) is 5.82 Å². The number of fused-ring (bicyclic) bond motifs is 1. The lowest BCUT2D eigenvalue weighted by Gasteiger charge is -2.05. The predicted molar refractivity (Wildman–Crippen MR) is 90.0 cm³/mol. The lowest BCUT2D eigenvalue weighted by Crippen LogP contribution is -2.28. The molecular formula is C16H20N6O2.